The number of nitrogens with one attached hydrogen (secondary N) is 4. The monoisotopic (exact) mass is 454 g/mol. The van der Waals surface area contributed by atoms with Gasteiger partial charge in [0.1, 0.15) is 10.8 Å². The summed E-state index contributed by atoms with van der Waals surface area (Å²) >= 11 is 6.21. The van der Waals surface area contributed by atoms with Crippen molar-refractivity contribution in [2.45, 2.75) is 25.4 Å². The van der Waals surface area contributed by atoms with Crippen LogP contribution in [0.4, 0.5) is 21.8 Å². The lowest BCUT2D eigenvalue weighted by atomic mass is 10.1. The third-order valence-corrected chi connectivity index (χ3v) is 5.38. The highest BCUT2D eigenvalue weighted by Crippen LogP contribution is 2.22. The molecule has 0 unspecified atom stereocenters. The fraction of sp³-hybridized carbons (Fsp3) is 0.261. The Morgan fingerprint density at radius 2 is 2.09 bits per heavy atom. The number of amides is 1. The van der Waals surface area contributed by atoms with E-state index in [-0.39, 0.29) is 17.8 Å². The molecule has 166 valence electrons. The Bertz CT molecular complexity index is 1090. The van der Waals surface area contributed by atoms with Crippen LogP contribution in [-0.2, 0) is 6.54 Å². The largest absolute Gasteiger partial charge is 0.365 e. The summed E-state index contributed by atoms with van der Waals surface area (Å²) in [7, 11) is 0. The Kier molecular flexibility index (Phi) is 7.14. The van der Waals surface area contributed by atoms with Crippen molar-refractivity contribution in [3.05, 3.63) is 76.7 Å². The fourth-order valence-electron chi connectivity index (χ4n) is 3.50. The van der Waals surface area contributed by atoms with Gasteiger partial charge in [0.2, 0.25) is 5.95 Å². The van der Waals surface area contributed by atoms with Crippen molar-refractivity contribution in [1.29, 1.82) is 0 Å². The maximum Gasteiger partial charge on any atom is 0.251 e. The molecule has 2 aromatic carbocycles. The van der Waals surface area contributed by atoms with Crippen LogP contribution in [0.2, 0.25) is 5.02 Å². The van der Waals surface area contributed by atoms with E-state index in [0.29, 0.717) is 34.6 Å². The molecule has 1 aliphatic heterocycles. The summed E-state index contributed by atoms with van der Waals surface area (Å²) in [6, 6.07) is 13.6. The fourth-order valence-corrected chi connectivity index (χ4v) is 3.65. The number of rotatable bonds is 7. The maximum atomic E-state index is 13.4. The standard InChI is InChI=1S/C23H24ClFN6O/c24-20-14-28-23(31-21(20)27-12-15-4-1-6-17(25)10-15)30-18-7-2-5-16(11-18)22(32)29-19-8-3-9-26-13-19/h1-2,4-7,10-11,14,19,26H,3,8-9,12-13H2,(H,29,32)(H2,27,28,30,31)/t19-/m1/s1. The van der Waals surface area contributed by atoms with Crippen molar-refractivity contribution < 1.29 is 9.18 Å². The lowest BCUT2D eigenvalue weighted by Gasteiger charge is -2.23. The van der Waals surface area contributed by atoms with E-state index in [1.807, 2.05) is 12.1 Å². The van der Waals surface area contributed by atoms with Gasteiger partial charge in [0, 0.05) is 30.4 Å². The molecule has 3 aromatic rings. The van der Waals surface area contributed by atoms with Gasteiger partial charge in [0.25, 0.3) is 5.91 Å². The van der Waals surface area contributed by atoms with Crippen molar-refractivity contribution in [3.8, 4) is 0 Å². The lowest BCUT2D eigenvalue weighted by molar-refractivity contribution is 0.0930. The number of nitrogens with zero attached hydrogens (tertiary/aromatic N) is 2. The average molecular weight is 455 g/mol. The summed E-state index contributed by atoms with van der Waals surface area (Å²) in [5, 5.41) is 12.9. The van der Waals surface area contributed by atoms with E-state index in [2.05, 4.69) is 31.2 Å². The van der Waals surface area contributed by atoms with E-state index in [1.165, 1.54) is 18.3 Å². The number of carbonyl (C=O) groups excluding carboxylic acids is 1. The second kappa shape index (κ2) is 10.4. The number of carbonyl (C=O) groups is 1. The predicted octanol–water partition coefficient (Wildman–Crippen LogP) is 4.11. The molecule has 1 aromatic heterocycles. The normalized spacial score (nSPS) is 15.8. The first-order valence-corrected chi connectivity index (χ1v) is 10.8. The topological polar surface area (TPSA) is 91.0 Å². The minimum atomic E-state index is -0.302. The first kappa shape index (κ1) is 22.0. The average Bonchev–Trinajstić information content (AvgIpc) is 2.80. The van der Waals surface area contributed by atoms with Crippen LogP contribution in [0.5, 0.6) is 0 Å². The summed E-state index contributed by atoms with van der Waals surface area (Å²) in [5.41, 5.74) is 2.00. The Morgan fingerprint density at radius 1 is 1.22 bits per heavy atom. The first-order chi connectivity index (χ1) is 15.6. The van der Waals surface area contributed by atoms with Crippen molar-refractivity contribution in [3.63, 3.8) is 0 Å². The van der Waals surface area contributed by atoms with Gasteiger partial charge in [-0.2, -0.15) is 4.98 Å². The summed E-state index contributed by atoms with van der Waals surface area (Å²) in [6.07, 6.45) is 3.51. The Balaban J connectivity index is 1.41. The number of halogens is 2. The van der Waals surface area contributed by atoms with Gasteiger partial charge in [-0.25, -0.2) is 9.37 Å². The number of anilines is 3. The number of aromatic nitrogens is 2. The Labute approximate surface area is 190 Å². The number of hydrogen-bond acceptors (Lipinski definition) is 6. The molecule has 1 atom stereocenters. The molecule has 1 amide bonds. The van der Waals surface area contributed by atoms with Crippen LogP contribution in [0.3, 0.4) is 0 Å². The molecule has 32 heavy (non-hydrogen) atoms. The van der Waals surface area contributed by atoms with E-state index in [1.54, 1.807) is 24.3 Å². The summed E-state index contributed by atoms with van der Waals surface area (Å²) < 4.78 is 13.4. The van der Waals surface area contributed by atoms with E-state index < -0.39 is 0 Å². The van der Waals surface area contributed by atoms with Crippen molar-refractivity contribution in [2.24, 2.45) is 0 Å². The van der Waals surface area contributed by atoms with Crippen molar-refractivity contribution >= 4 is 35.0 Å². The van der Waals surface area contributed by atoms with E-state index >= 15 is 0 Å². The minimum Gasteiger partial charge on any atom is -0.365 e. The van der Waals surface area contributed by atoms with Crippen LogP contribution in [0.1, 0.15) is 28.8 Å². The smallest absolute Gasteiger partial charge is 0.251 e. The molecule has 1 saturated heterocycles. The Hall–Kier alpha value is -3.23. The SMILES string of the molecule is O=C(N[C@@H]1CCCNC1)c1cccc(Nc2ncc(Cl)c(NCc3cccc(F)c3)n2)c1. The highest BCUT2D eigenvalue weighted by Gasteiger charge is 2.16. The summed E-state index contributed by atoms with van der Waals surface area (Å²) in [5.74, 6) is 0.332. The molecular formula is C23H24ClFN6O. The molecule has 0 saturated carbocycles. The second-order valence-electron chi connectivity index (χ2n) is 7.60. The molecule has 7 nitrogen and oxygen atoms in total. The van der Waals surface area contributed by atoms with Crippen LogP contribution >= 0.6 is 11.6 Å². The lowest BCUT2D eigenvalue weighted by Crippen LogP contribution is -2.45. The Morgan fingerprint density at radius 3 is 2.91 bits per heavy atom. The first-order valence-electron chi connectivity index (χ1n) is 10.5. The van der Waals surface area contributed by atoms with Gasteiger partial charge < -0.3 is 21.3 Å². The molecule has 1 fully saturated rings. The van der Waals surface area contributed by atoms with Crippen molar-refractivity contribution in [1.82, 2.24) is 20.6 Å². The predicted molar refractivity (Wildman–Crippen MR) is 124 cm³/mol. The zero-order valence-electron chi connectivity index (χ0n) is 17.4. The van der Waals surface area contributed by atoms with Gasteiger partial charge >= 0.3 is 0 Å². The van der Waals surface area contributed by atoms with Crippen LogP contribution in [0, 0.1) is 5.82 Å². The second-order valence-corrected chi connectivity index (χ2v) is 8.00. The van der Waals surface area contributed by atoms with Gasteiger partial charge in [0.15, 0.2) is 5.82 Å². The summed E-state index contributed by atoms with van der Waals surface area (Å²) in [6.45, 7) is 2.14. The zero-order chi connectivity index (χ0) is 22.3. The molecule has 9 heteroatoms. The molecule has 4 N–H and O–H groups in total. The maximum absolute atomic E-state index is 13.4. The van der Waals surface area contributed by atoms with Gasteiger partial charge in [-0.3, -0.25) is 4.79 Å². The molecular weight excluding hydrogens is 431 g/mol. The van der Waals surface area contributed by atoms with Crippen LogP contribution in [0.15, 0.2) is 54.7 Å². The number of benzene rings is 2. The third-order valence-electron chi connectivity index (χ3n) is 5.11. The highest BCUT2D eigenvalue weighted by atomic mass is 35.5. The van der Waals surface area contributed by atoms with Crippen LogP contribution < -0.4 is 21.3 Å². The quantitative estimate of drug-likeness (QED) is 0.429. The molecule has 0 spiro atoms. The van der Waals surface area contributed by atoms with Gasteiger partial charge in [-0.1, -0.05) is 29.8 Å². The molecule has 0 bridgehead atoms. The molecule has 1 aliphatic rings. The molecule has 0 radical (unpaired) electrons. The minimum absolute atomic E-state index is 0.114. The number of piperidine rings is 1. The highest BCUT2D eigenvalue weighted by molar-refractivity contribution is 6.32. The summed E-state index contributed by atoms with van der Waals surface area (Å²) in [4.78, 5) is 21.2. The van der Waals surface area contributed by atoms with Gasteiger partial charge in [-0.15, -0.1) is 0 Å². The van der Waals surface area contributed by atoms with E-state index in [0.717, 1.165) is 31.5 Å². The third kappa shape index (κ3) is 5.93. The zero-order valence-corrected chi connectivity index (χ0v) is 18.1. The molecule has 2 heterocycles. The van der Waals surface area contributed by atoms with E-state index in [9.17, 15) is 9.18 Å². The van der Waals surface area contributed by atoms with Gasteiger partial charge in [0.05, 0.1) is 6.20 Å². The molecule has 0 aliphatic carbocycles. The van der Waals surface area contributed by atoms with Crippen LogP contribution in [0.25, 0.3) is 0 Å². The van der Waals surface area contributed by atoms with Crippen LogP contribution in [-0.4, -0.2) is 35.0 Å². The van der Waals surface area contributed by atoms with E-state index in [4.69, 9.17) is 11.6 Å². The number of hydrogen-bond donors (Lipinski definition) is 4. The van der Waals surface area contributed by atoms with Gasteiger partial charge in [-0.05, 0) is 55.3 Å². The molecule has 4 rings (SSSR count). The van der Waals surface area contributed by atoms with Crippen molar-refractivity contribution in [2.75, 3.05) is 23.7 Å².